The van der Waals surface area contributed by atoms with Crippen molar-refractivity contribution in [1.82, 2.24) is 5.32 Å². The summed E-state index contributed by atoms with van der Waals surface area (Å²) in [4.78, 5) is 25.0. The zero-order chi connectivity index (χ0) is 20.0. The zero-order valence-corrected chi connectivity index (χ0v) is 16.9. The smallest absolute Gasteiger partial charge is 0.329 e. The molecular weight excluding hydrogens is 387 g/mol. The number of hydrogen-bond acceptors (Lipinski definition) is 3. The van der Waals surface area contributed by atoms with E-state index in [0.717, 1.165) is 5.56 Å². The van der Waals surface area contributed by atoms with Crippen LogP contribution in [0.15, 0.2) is 48.5 Å². The molecule has 2 amide bonds. The molecule has 7 heteroatoms. The fourth-order valence-electron chi connectivity index (χ4n) is 2.32. The number of urea groups is 1. The molecule has 27 heavy (non-hydrogen) atoms. The lowest BCUT2D eigenvalue weighted by atomic mass is 10.1. The monoisotopic (exact) mass is 408 g/mol. The molecule has 0 saturated carbocycles. The Morgan fingerprint density at radius 1 is 1.07 bits per heavy atom. The van der Waals surface area contributed by atoms with E-state index < -0.39 is 23.6 Å². The van der Waals surface area contributed by atoms with E-state index >= 15 is 0 Å². The van der Waals surface area contributed by atoms with Gasteiger partial charge in [0.1, 0.15) is 11.6 Å². The quantitative estimate of drug-likeness (QED) is 0.678. The Morgan fingerprint density at radius 3 is 2.33 bits per heavy atom. The summed E-state index contributed by atoms with van der Waals surface area (Å²) in [5, 5.41) is 6.05. The second-order valence-corrected chi connectivity index (χ2v) is 7.84. The van der Waals surface area contributed by atoms with Gasteiger partial charge in [-0.2, -0.15) is 0 Å². The molecule has 2 aromatic carbocycles. The number of amides is 2. The first-order valence-corrected chi connectivity index (χ1v) is 9.19. The Labute approximate surface area is 169 Å². The van der Waals surface area contributed by atoms with Crippen LogP contribution in [0, 0.1) is 0 Å². The Kier molecular flexibility index (Phi) is 7.11. The van der Waals surface area contributed by atoms with Crippen LogP contribution < -0.4 is 10.6 Å². The average molecular weight is 409 g/mol. The van der Waals surface area contributed by atoms with E-state index in [-0.39, 0.29) is 0 Å². The highest BCUT2D eigenvalue weighted by atomic mass is 35.5. The largest absolute Gasteiger partial charge is 0.458 e. The van der Waals surface area contributed by atoms with Gasteiger partial charge >= 0.3 is 12.0 Å². The van der Waals surface area contributed by atoms with Crippen LogP contribution >= 0.6 is 23.2 Å². The molecule has 2 aromatic rings. The van der Waals surface area contributed by atoms with Crippen molar-refractivity contribution in [3.05, 3.63) is 64.1 Å². The molecule has 144 valence electrons. The molecule has 0 radical (unpaired) electrons. The Morgan fingerprint density at radius 2 is 1.74 bits per heavy atom. The minimum absolute atomic E-state index is 0.300. The van der Waals surface area contributed by atoms with Gasteiger partial charge in [0.25, 0.3) is 0 Å². The SMILES string of the molecule is CC(C)(C)OC(=O)C(Cc1ccccc1)NC(=O)Nc1ccc(Cl)cc1Cl. The summed E-state index contributed by atoms with van der Waals surface area (Å²) in [6.45, 7) is 5.33. The van der Waals surface area contributed by atoms with Crippen LogP contribution in [0.25, 0.3) is 0 Å². The van der Waals surface area contributed by atoms with Crippen molar-refractivity contribution < 1.29 is 14.3 Å². The fourth-order valence-corrected chi connectivity index (χ4v) is 2.78. The van der Waals surface area contributed by atoms with Crippen molar-refractivity contribution in [2.45, 2.75) is 38.8 Å². The topological polar surface area (TPSA) is 67.4 Å². The van der Waals surface area contributed by atoms with Gasteiger partial charge in [0.05, 0.1) is 10.7 Å². The van der Waals surface area contributed by atoms with E-state index in [1.165, 1.54) is 6.07 Å². The molecule has 0 bridgehead atoms. The standard InChI is InChI=1S/C20H22Cl2N2O3/c1-20(2,3)27-18(25)17(11-13-7-5-4-6-8-13)24-19(26)23-16-10-9-14(21)12-15(16)22/h4-10,12,17H,11H2,1-3H3,(H2,23,24,26). The van der Waals surface area contributed by atoms with Crippen LogP contribution in [0.2, 0.25) is 10.0 Å². The van der Waals surface area contributed by atoms with Crippen LogP contribution in [0.4, 0.5) is 10.5 Å². The van der Waals surface area contributed by atoms with Gasteiger partial charge in [-0.05, 0) is 44.5 Å². The van der Waals surface area contributed by atoms with Gasteiger partial charge in [-0.15, -0.1) is 0 Å². The van der Waals surface area contributed by atoms with Crippen molar-refractivity contribution in [3.8, 4) is 0 Å². The van der Waals surface area contributed by atoms with Gasteiger partial charge < -0.3 is 15.4 Å². The summed E-state index contributed by atoms with van der Waals surface area (Å²) >= 11 is 11.9. The third-order valence-electron chi connectivity index (χ3n) is 3.46. The Balaban J connectivity index is 2.12. The molecule has 0 aliphatic rings. The average Bonchev–Trinajstić information content (AvgIpc) is 2.56. The number of anilines is 1. The van der Waals surface area contributed by atoms with Crippen LogP contribution in [-0.2, 0) is 16.0 Å². The molecule has 0 saturated heterocycles. The maximum atomic E-state index is 12.6. The molecule has 0 aromatic heterocycles. The number of nitrogens with one attached hydrogen (secondary N) is 2. The maximum Gasteiger partial charge on any atom is 0.329 e. The lowest BCUT2D eigenvalue weighted by Crippen LogP contribution is -2.47. The Hall–Kier alpha value is -2.24. The molecule has 1 atom stereocenters. The molecule has 0 spiro atoms. The highest BCUT2D eigenvalue weighted by molar-refractivity contribution is 6.36. The number of benzene rings is 2. The second-order valence-electron chi connectivity index (χ2n) is 7.00. The van der Waals surface area contributed by atoms with Crippen LogP contribution in [0.1, 0.15) is 26.3 Å². The highest BCUT2D eigenvalue weighted by Crippen LogP contribution is 2.25. The number of carbonyl (C=O) groups is 2. The van der Waals surface area contributed by atoms with Crippen molar-refractivity contribution in [2.75, 3.05) is 5.32 Å². The molecule has 0 fully saturated rings. The van der Waals surface area contributed by atoms with E-state index in [4.69, 9.17) is 27.9 Å². The third kappa shape index (κ3) is 7.12. The minimum Gasteiger partial charge on any atom is -0.458 e. The van der Waals surface area contributed by atoms with Crippen LogP contribution in [-0.4, -0.2) is 23.6 Å². The van der Waals surface area contributed by atoms with Gasteiger partial charge in [0.15, 0.2) is 0 Å². The van der Waals surface area contributed by atoms with Crippen molar-refractivity contribution >= 4 is 40.9 Å². The van der Waals surface area contributed by atoms with E-state index in [1.807, 2.05) is 30.3 Å². The molecule has 5 nitrogen and oxygen atoms in total. The van der Waals surface area contributed by atoms with E-state index in [1.54, 1.807) is 32.9 Å². The summed E-state index contributed by atoms with van der Waals surface area (Å²) in [6.07, 6.45) is 0.303. The van der Waals surface area contributed by atoms with Crippen molar-refractivity contribution in [2.24, 2.45) is 0 Å². The van der Waals surface area contributed by atoms with Crippen LogP contribution in [0.3, 0.4) is 0 Å². The maximum absolute atomic E-state index is 12.6. The first kappa shape index (κ1) is 21.1. The summed E-state index contributed by atoms with van der Waals surface area (Å²) in [5.41, 5.74) is 0.628. The third-order valence-corrected chi connectivity index (χ3v) is 4.01. The molecule has 0 heterocycles. The van der Waals surface area contributed by atoms with E-state index in [0.29, 0.717) is 22.2 Å². The normalized spacial score (nSPS) is 12.2. The first-order chi connectivity index (χ1) is 12.6. The number of rotatable bonds is 5. The van der Waals surface area contributed by atoms with Gasteiger partial charge in [-0.1, -0.05) is 53.5 Å². The molecule has 0 aliphatic carbocycles. The van der Waals surface area contributed by atoms with Gasteiger partial charge in [0.2, 0.25) is 0 Å². The molecule has 2 N–H and O–H groups in total. The summed E-state index contributed by atoms with van der Waals surface area (Å²) in [7, 11) is 0. The first-order valence-electron chi connectivity index (χ1n) is 8.43. The minimum atomic E-state index is -0.849. The predicted octanol–water partition coefficient (Wildman–Crippen LogP) is 5.07. The highest BCUT2D eigenvalue weighted by Gasteiger charge is 2.27. The fraction of sp³-hybridized carbons (Fsp3) is 0.300. The lowest BCUT2D eigenvalue weighted by Gasteiger charge is -2.25. The lowest BCUT2D eigenvalue weighted by molar-refractivity contribution is -0.157. The molecular formula is C20H22Cl2N2O3. The summed E-state index contributed by atoms with van der Waals surface area (Å²) in [5.74, 6) is -0.510. The van der Waals surface area contributed by atoms with Crippen molar-refractivity contribution in [1.29, 1.82) is 0 Å². The number of halogens is 2. The van der Waals surface area contributed by atoms with Gasteiger partial charge in [-0.3, -0.25) is 0 Å². The molecule has 1 unspecified atom stereocenters. The number of esters is 1. The number of hydrogen-bond donors (Lipinski definition) is 2. The van der Waals surface area contributed by atoms with Gasteiger partial charge in [-0.25, -0.2) is 9.59 Å². The van der Waals surface area contributed by atoms with Gasteiger partial charge in [0, 0.05) is 11.4 Å². The van der Waals surface area contributed by atoms with E-state index in [2.05, 4.69) is 10.6 Å². The molecule has 0 aliphatic heterocycles. The molecule has 2 rings (SSSR count). The van der Waals surface area contributed by atoms with E-state index in [9.17, 15) is 9.59 Å². The summed E-state index contributed by atoms with van der Waals surface area (Å²) < 4.78 is 5.44. The number of ether oxygens (including phenoxy) is 1. The second kappa shape index (κ2) is 9.11. The predicted molar refractivity (Wildman–Crippen MR) is 108 cm³/mol. The van der Waals surface area contributed by atoms with Crippen LogP contribution in [0.5, 0.6) is 0 Å². The van der Waals surface area contributed by atoms with Crippen molar-refractivity contribution in [3.63, 3.8) is 0 Å². The number of carbonyl (C=O) groups excluding carboxylic acids is 2. The Bertz CT molecular complexity index is 805. The zero-order valence-electron chi connectivity index (χ0n) is 15.4. The summed E-state index contributed by atoms with van der Waals surface area (Å²) in [6, 6.07) is 12.7.